The summed E-state index contributed by atoms with van der Waals surface area (Å²) in [7, 11) is 0. The Bertz CT molecular complexity index is 593. The third-order valence-corrected chi connectivity index (χ3v) is 3.46. The van der Waals surface area contributed by atoms with Gasteiger partial charge in [0.25, 0.3) is 0 Å². The number of aromatic nitrogens is 2. The van der Waals surface area contributed by atoms with Gasteiger partial charge < -0.3 is 0 Å². The average Bonchev–Trinajstić information content (AvgIpc) is 2.32. The largest absolute Gasteiger partial charge is 0.226 e. The quantitative estimate of drug-likeness (QED) is 0.777. The second-order valence-electron chi connectivity index (χ2n) is 3.87. The van der Waals surface area contributed by atoms with Crippen molar-refractivity contribution in [2.24, 2.45) is 0 Å². The molecule has 100 valence electrons. The van der Waals surface area contributed by atoms with Crippen LogP contribution in [0.2, 0.25) is 5.15 Å². The Balaban J connectivity index is 2.27. The lowest BCUT2D eigenvalue weighted by atomic mass is 10.3. The molecule has 2 nitrogen and oxygen atoms in total. The van der Waals surface area contributed by atoms with Crippen LogP contribution in [0.1, 0.15) is 19.2 Å². The molecule has 19 heavy (non-hydrogen) atoms. The third-order valence-electron chi connectivity index (χ3n) is 2.30. The molecule has 1 aromatic heterocycles. The molecule has 0 saturated heterocycles. The van der Waals surface area contributed by atoms with Crippen molar-refractivity contribution in [1.82, 2.24) is 9.97 Å². The molecule has 0 spiro atoms. The highest BCUT2D eigenvalue weighted by Crippen LogP contribution is 2.30. The molecule has 0 radical (unpaired) electrons. The van der Waals surface area contributed by atoms with Gasteiger partial charge in [0.05, 0.1) is 0 Å². The zero-order valence-electron chi connectivity index (χ0n) is 10.2. The Morgan fingerprint density at radius 1 is 1.21 bits per heavy atom. The summed E-state index contributed by atoms with van der Waals surface area (Å²) in [4.78, 5) is 8.68. The second-order valence-corrected chi connectivity index (χ2v) is 5.32. The fraction of sp³-hybridized carbons (Fsp3) is 0.231. The summed E-state index contributed by atoms with van der Waals surface area (Å²) in [6.45, 7) is 2.01. The maximum Gasteiger partial charge on any atom is 0.140 e. The van der Waals surface area contributed by atoms with Gasteiger partial charge in [-0.1, -0.05) is 30.3 Å². The van der Waals surface area contributed by atoms with Crippen molar-refractivity contribution < 1.29 is 8.78 Å². The molecule has 0 amide bonds. The molecule has 0 saturated carbocycles. The van der Waals surface area contributed by atoms with Crippen molar-refractivity contribution in [3.63, 3.8) is 0 Å². The molecule has 1 heterocycles. The number of halogens is 3. The van der Waals surface area contributed by atoms with Gasteiger partial charge in [-0.05, 0) is 18.6 Å². The van der Waals surface area contributed by atoms with Crippen molar-refractivity contribution in [2.75, 3.05) is 0 Å². The minimum absolute atomic E-state index is 0.304. The minimum atomic E-state index is -0.614. The summed E-state index contributed by atoms with van der Waals surface area (Å²) in [6, 6.07) is 5.00. The molecule has 0 aliphatic heterocycles. The van der Waals surface area contributed by atoms with E-state index in [4.69, 9.17) is 11.6 Å². The number of aryl methyl sites for hydroxylation is 1. The molecule has 0 unspecified atom stereocenters. The highest BCUT2D eigenvalue weighted by molar-refractivity contribution is 7.99. The summed E-state index contributed by atoms with van der Waals surface area (Å²) < 4.78 is 26.4. The predicted molar refractivity (Wildman–Crippen MR) is 71.5 cm³/mol. The summed E-state index contributed by atoms with van der Waals surface area (Å²) in [5.74, 6) is -0.592. The SMILES string of the molecule is CCCc1nc(Cl)cc(Sc2ccc(F)cc2F)n1. The lowest BCUT2D eigenvalue weighted by Gasteiger charge is -2.05. The predicted octanol–water partition coefficient (Wildman–Crippen LogP) is 4.51. The summed E-state index contributed by atoms with van der Waals surface area (Å²) in [5, 5.41) is 0.873. The van der Waals surface area contributed by atoms with Crippen molar-refractivity contribution in [1.29, 1.82) is 0 Å². The number of rotatable bonds is 4. The van der Waals surface area contributed by atoms with E-state index in [0.29, 0.717) is 27.3 Å². The summed E-state index contributed by atoms with van der Waals surface area (Å²) >= 11 is 7.00. The van der Waals surface area contributed by atoms with E-state index in [-0.39, 0.29) is 0 Å². The molecule has 0 N–H and O–H groups in total. The molecule has 6 heteroatoms. The topological polar surface area (TPSA) is 25.8 Å². The normalized spacial score (nSPS) is 10.7. The first-order valence-corrected chi connectivity index (χ1v) is 6.94. The maximum absolute atomic E-state index is 13.5. The van der Waals surface area contributed by atoms with Gasteiger partial charge in [-0.15, -0.1) is 0 Å². The number of hydrogen-bond donors (Lipinski definition) is 0. The zero-order chi connectivity index (χ0) is 13.8. The molecular weight excluding hydrogens is 290 g/mol. The Kier molecular flexibility index (Phi) is 4.71. The van der Waals surface area contributed by atoms with E-state index in [9.17, 15) is 8.78 Å². The lowest BCUT2D eigenvalue weighted by molar-refractivity contribution is 0.565. The van der Waals surface area contributed by atoms with Gasteiger partial charge in [0.2, 0.25) is 0 Å². The van der Waals surface area contributed by atoms with Crippen LogP contribution in [-0.4, -0.2) is 9.97 Å². The fourth-order valence-corrected chi connectivity index (χ4v) is 2.61. The molecular formula is C13H11ClF2N2S. The number of hydrogen-bond acceptors (Lipinski definition) is 3. The summed E-state index contributed by atoms with van der Waals surface area (Å²) in [6.07, 6.45) is 1.61. The monoisotopic (exact) mass is 300 g/mol. The molecule has 0 aliphatic carbocycles. The van der Waals surface area contributed by atoms with Gasteiger partial charge in [0, 0.05) is 23.4 Å². The van der Waals surface area contributed by atoms with Gasteiger partial charge >= 0.3 is 0 Å². The third kappa shape index (κ3) is 3.88. The van der Waals surface area contributed by atoms with Crippen molar-refractivity contribution in [2.45, 2.75) is 29.7 Å². The van der Waals surface area contributed by atoms with Crippen LogP contribution in [0.5, 0.6) is 0 Å². The van der Waals surface area contributed by atoms with E-state index in [1.54, 1.807) is 6.07 Å². The number of benzene rings is 1. The van der Waals surface area contributed by atoms with Crippen LogP contribution < -0.4 is 0 Å². The molecule has 1 aromatic carbocycles. The first-order chi connectivity index (χ1) is 9.08. The first-order valence-electron chi connectivity index (χ1n) is 5.75. The molecule has 0 aliphatic rings. The van der Waals surface area contributed by atoms with E-state index in [0.717, 1.165) is 24.2 Å². The van der Waals surface area contributed by atoms with Crippen LogP contribution >= 0.6 is 23.4 Å². The van der Waals surface area contributed by atoms with Gasteiger partial charge in [-0.3, -0.25) is 0 Å². The Morgan fingerprint density at radius 3 is 2.68 bits per heavy atom. The van der Waals surface area contributed by atoms with Crippen LogP contribution in [0, 0.1) is 11.6 Å². The molecule has 0 bridgehead atoms. The molecule has 2 aromatic rings. The van der Waals surface area contributed by atoms with Crippen LogP contribution in [0.15, 0.2) is 34.2 Å². The molecule has 2 rings (SSSR count). The lowest BCUT2D eigenvalue weighted by Crippen LogP contribution is -1.96. The van der Waals surface area contributed by atoms with E-state index < -0.39 is 11.6 Å². The van der Waals surface area contributed by atoms with Crippen molar-refractivity contribution >= 4 is 23.4 Å². The van der Waals surface area contributed by atoms with Crippen LogP contribution in [0.4, 0.5) is 8.78 Å². The minimum Gasteiger partial charge on any atom is -0.226 e. The smallest absolute Gasteiger partial charge is 0.140 e. The van der Waals surface area contributed by atoms with Gasteiger partial charge in [-0.2, -0.15) is 0 Å². The van der Waals surface area contributed by atoms with Crippen LogP contribution in [0.3, 0.4) is 0 Å². The summed E-state index contributed by atoms with van der Waals surface area (Å²) in [5.41, 5.74) is 0. The highest BCUT2D eigenvalue weighted by Gasteiger charge is 2.09. The van der Waals surface area contributed by atoms with E-state index >= 15 is 0 Å². The van der Waals surface area contributed by atoms with E-state index in [2.05, 4.69) is 9.97 Å². The fourth-order valence-electron chi connectivity index (χ4n) is 1.50. The zero-order valence-corrected chi connectivity index (χ0v) is 11.7. The second kappa shape index (κ2) is 6.30. The van der Waals surface area contributed by atoms with Crippen LogP contribution in [-0.2, 0) is 6.42 Å². The Morgan fingerprint density at radius 2 is 2.00 bits per heavy atom. The molecule has 0 atom stereocenters. The molecule has 0 fully saturated rings. The first kappa shape index (κ1) is 14.2. The van der Waals surface area contributed by atoms with Crippen molar-refractivity contribution in [3.8, 4) is 0 Å². The van der Waals surface area contributed by atoms with E-state index in [1.165, 1.54) is 12.1 Å². The Labute approximate surface area is 119 Å². The van der Waals surface area contributed by atoms with Crippen LogP contribution in [0.25, 0.3) is 0 Å². The Hall–Kier alpha value is -1.20. The maximum atomic E-state index is 13.5. The highest BCUT2D eigenvalue weighted by atomic mass is 35.5. The van der Waals surface area contributed by atoms with Gasteiger partial charge in [0.15, 0.2) is 0 Å². The number of nitrogens with zero attached hydrogens (tertiary/aromatic N) is 2. The average molecular weight is 301 g/mol. The van der Waals surface area contributed by atoms with Gasteiger partial charge in [0.1, 0.15) is 27.6 Å². The van der Waals surface area contributed by atoms with Gasteiger partial charge in [-0.25, -0.2) is 18.7 Å². The standard InChI is InChI=1S/C13H11ClF2N2S/c1-2-3-12-17-11(14)7-13(18-12)19-10-5-4-8(15)6-9(10)16/h4-7H,2-3H2,1H3. The van der Waals surface area contributed by atoms with Crippen molar-refractivity contribution in [3.05, 3.63) is 46.9 Å². The van der Waals surface area contributed by atoms with E-state index in [1.807, 2.05) is 6.92 Å².